The smallest absolute Gasteiger partial charge is 0.225 e. The van der Waals surface area contributed by atoms with Gasteiger partial charge in [-0.25, -0.2) is 0 Å². The molecule has 0 amide bonds. The van der Waals surface area contributed by atoms with Gasteiger partial charge in [-0.1, -0.05) is 25.8 Å². The highest BCUT2D eigenvalue weighted by Crippen LogP contribution is 2.24. The summed E-state index contributed by atoms with van der Waals surface area (Å²) in [6.07, 6.45) is 6.88. The van der Waals surface area contributed by atoms with E-state index in [4.69, 9.17) is 10.5 Å². The van der Waals surface area contributed by atoms with Crippen molar-refractivity contribution in [1.82, 2.24) is 15.0 Å². The summed E-state index contributed by atoms with van der Waals surface area (Å²) in [7, 11) is 1.56. The molecule has 0 saturated heterocycles. The van der Waals surface area contributed by atoms with E-state index in [0.717, 1.165) is 24.8 Å². The molecule has 1 atom stereocenters. The maximum absolute atomic E-state index is 5.69. The Morgan fingerprint density at radius 2 is 2.24 bits per heavy atom. The van der Waals surface area contributed by atoms with Crippen LogP contribution in [0.25, 0.3) is 0 Å². The molecule has 0 spiro atoms. The predicted molar refractivity (Wildman–Crippen MR) is 83.1 cm³/mol. The molecule has 1 unspecified atom stereocenters. The van der Waals surface area contributed by atoms with Crippen LogP contribution in [-0.4, -0.2) is 22.1 Å². The summed E-state index contributed by atoms with van der Waals surface area (Å²) in [5.74, 6) is 1.30. The van der Waals surface area contributed by atoms with Crippen LogP contribution in [0, 0.1) is 0 Å². The molecule has 2 aromatic rings. The number of ether oxygens (including phenoxy) is 1. The molecule has 6 nitrogen and oxygen atoms in total. The van der Waals surface area contributed by atoms with Crippen molar-refractivity contribution in [1.29, 1.82) is 0 Å². The first-order valence-electron chi connectivity index (χ1n) is 7.08. The van der Waals surface area contributed by atoms with Crippen molar-refractivity contribution in [3.63, 3.8) is 0 Å². The second-order valence-electron chi connectivity index (χ2n) is 4.78. The molecule has 0 fully saturated rings. The highest BCUT2D eigenvalue weighted by Gasteiger charge is 2.13. The van der Waals surface area contributed by atoms with Crippen LogP contribution >= 0.6 is 0 Å². The fourth-order valence-electron chi connectivity index (χ4n) is 2.11. The molecule has 0 aliphatic heterocycles. The number of hydrogen-bond donors (Lipinski definition) is 2. The first-order chi connectivity index (χ1) is 10.2. The van der Waals surface area contributed by atoms with Crippen molar-refractivity contribution in [3.05, 3.63) is 36.2 Å². The average Bonchev–Trinajstić information content (AvgIpc) is 2.51. The summed E-state index contributed by atoms with van der Waals surface area (Å²) in [5.41, 5.74) is 6.82. The van der Waals surface area contributed by atoms with Crippen molar-refractivity contribution >= 4 is 11.8 Å². The number of unbranched alkanes of at least 4 members (excludes halogenated alkanes) is 1. The number of nitrogens with one attached hydrogen (secondary N) is 1. The van der Waals surface area contributed by atoms with Gasteiger partial charge in [0.25, 0.3) is 0 Å². The lowest BCUT2D eigenvalue weighted by atomic mass is 10.0. The lowest BCUT2D eigenvalue weighted by molar-refractivity contribution is 0.398. The van der Waals surface area contributed by atoms with E-state index in [1.165, 1.54) is 0 Å². The lowest BCUT2D eigenvalue weighted by Crippen LogP contribution is -2.13. The minimum atomic E-state index is 0.137. The van der Waals surface area contributed by atoms with Gasteiger partial charge in [-0.15, -0.1) is 0 Å². The normalized spacial score (nSPS) is 11.9. The van der Waals surface area contributed by atoms with Gasteiger partial charge >= 0.3 is 0 Å². The molecule has 0 aliphatic carbocycles. The van der Waals surface area contributed by atoms with Crippen LogP contribution in [0.15, 0.2) is 30.6 Å². The summed E-state index contributed by atoms with van der Waals surface area (Å²) in [6, 6.07) is 5.87. The maximum atomic E-state index is 5.69. The van der Waals surface area contributed by atoms with E-state index < -0.39 is 0 Å². The van der Waals surface area contributed by atoms with Crippen LogP contribution in [0.2, 0.25) is 0 Å². The molecule has 0 aliphatic rings. The lowest BCUT2D eigenvalue weighted by Gasteiger charge is -2.19. The van der Waals surface area contributed by atoms with Crippen molar-refractivity contribution in [2.24, 2.45) is 0 Å². The van der Waals surface area contributed by atoms with E-state index in [0.29, 0.717) is 11.7 Å². The van der Waals surface area contributed by atoms with Gasteiger partial charge in [-0.3, -0.25) is 4.98 Å². The minimum absolute atomic E-state index is 0.137. The Morgan fingerprint density at radius 1 is 1.38 bits per heavy atom. The summed E-state index contributed by atoms with van der Waals surface area (Å²) in [6.45, 7) is 2.17. The zero-order chi connectivity index (χ0) is 15.1. The number of rotatable bonds is 7. The third kappa shape index (κ3) is 4.30. The third-order valence-corrected chi connectivity index (χ3v) is 3.18. The number of nitrogen functional groups attached to an aromatic ring is 1. The van der Waals surface area contributed by atoms with E-state index >= 15 is 0 Å². The van der Waals surface area contributed by atoms with Crippen LogP contribution in [0.4, 0.5) is 11.8 Å². The third-order valence-electron chi connectivity index (χ3n) is 3.18. The summed E-state index contributed by atoms with van der Waals surface area (Å²) in [4.78, 5) is 12.4. The zero-order valence-corrected chi connectivity index (χ0v) is 12.4. The molecule has 0 saturated carbocycles. The van der Waals surface area contributed by atoms with Crippen molar-refractivity contribution in [3.8, 4) is 5.88 Å². The second kappa shape index (κ2) is 7.42. The van der Waals surface area contributed by atoms with Gasteiger partial charge in [-0.2, -0.15) is 9.97 Å². The number of pyridine rings is 1. The number of nitrogens with zero attached hydrogens (tertiary/aromatic N) is 3. The number of hydrogen-bond acceptors (Lipinski definition) is 6. The van der Waals surface area contributed by atoms with E-state index in [9.17, 15) is 0 Å². The summed E-state index contributed by atoms with van der Waals surface area (Å²) < 4.78 is 5.12. The minimum Gasteiger partial charge on any atom is -0.481 e. The van der Waals surface area contributed by atoms with E-state index in [1.54, 1.807) is 19.4 Å². The Labute approximate surface area is 124 Å². The molecule has 0 radical (unpaired) electrons. The van der Waals surface area contributed by atoms with Crippen molar-refractivity contribution in [2.45, 2.75) is 32.2 Å². The molecule has 2 rings (SSSR count). The molecule has 112 valence electrons. The Balaban J connectivity index is 2.20. The van der Waals surface area contributed by atoms with E-state index in [1.807, 2.05) is 12.3 Å². The number of aromatic nitrogens is 3. The highest BCUT2D eigenvalue weighted by atomic mass is 16.5. The standard InChI is InChI=1S/C15H21N5O/c1-3-4-7-12(11-6-5-8-17-10-11)18-13-9-14(21-2)20-15(16)19-13/h5-6,8-10,12H,3-4,7H2,1-2H3,(H3,16,18,19,20). The Kier molecular flexibility index (Phi) is 5.31. The Bertz CT molecular complexity index is 561. The molecule has 6 heteroatoms. The topological polar surface area (TPSA) is 86.0 Å². The first kappa shape index (κ1) is 15.0. The molecule has 2 heterocycles. The second-order valence-corrected chi connectivity index (χ2v) is 4.78. The monoisotopic (exact) mass is 287 g/mol. The average molecular weight is 287 g/mol. The van der Waals surface area contributed by atoms with Gasteiger partial charge in [0, 0.05) is 18.5 Å². The van der Waals surface area contributed by atoms with Crippen LogP contribution < -0.4 is 15.8 Å². The highest BCUT2D eigenvalue weighted by molar-refractivity contribution is 5.44. The fourth-order valence-corrected chi connectivity index (χ4v) is 2.11. The Hall–Kier alpha value is -2.37. The maximum Gasteiger partial charge on any atom is 0.225 e. The quantitative estimate of drug-likeness (QED) is 0.814. The molecular weight excluding hydrogens is 266 g/mol. The van der Waals surface area contributed by atoms with Crippen molar-refractivity contribution in [2.75, 3.05) is 18.2 Å². The molecule has 0 bridgehead atoms. The van der Waals surface area contributed by atoms with Gasteiger partial charge in [0.15, 0.2) is 0 Å². The van der Waals surface area contributed by atoms with Crippen molar-refractivity contribution < 1.29 is 4.74 Å². The van der Waals surface area contributed by atoms with Gasteiger partial charge in [0.1, 0.15) is 5.82 Å². The zero-order valence-electron chi connectivity index (χ0n) is 12.4. The summed E-state index contributed by atoms with van der Waals surface area (Å²) >= 11 is 0. The van der Waals surface area contributed by atoms with Crippen LogP contribution in [-0.2, 0) is 0 Å². The number of anilines is 2. The Morgan fingerprint density at radius 3 is 2.90 bits per heavy atom. The van der Waals surface area contributed by atoms with E-state index in [2.05, 4.69) is 33.3 Å². The molecule has 3 N–H and O–H groups in total. The van der Waals surface area contributed by atoms with Crippen LogP contribution in [0.3, 0.4) is 0 Å². The molecule has 2 aromatic heterocycles. The number of methoxy groups -OCH3 is 1. The molecular formula is C15H21N5O. The van der Waals surface area contributed by atoms with Gasteiger partial charge in [0.2, 0.25) is 11.8 Å². The largest absolute Gasteiger partial charge is 0.481 e. The first-order valence-corrected chi connectivity index (χ1v) is 7.08. The summed E-state index contributed by atoms with van der Waals surface area (Å²) in [5, 5.41) is 3.39. The van der Waals surface area contributed by atoms with Gasteiger partial charge in [0.05, 0.1) is 13.2 Å². The SMILES string of the molecule is CCCCC(Nc1cc(OC)nc(N)n1)c1cccnc1. The van der Waals surface area contributed by atoms with Crippen LogP contribution in [0.1, 0.15) is 37.8 Å². The number of nitrogens with two attached hydrogens (primary N) is 1. The van der Waals surface area contributed by atoms with Crippen LogP contribution in [0.5, 0.6) is 5.88 Å². The molecule has 21 heavy (non-hydrogen) atoms. The fraction of sp³-hybridized carbons (Fsp3) is 0.400. The van der Waals surface area contributed by atoms with E-state index in [-0.39, 0.29) is 12.0 Å². The molecule has 0 aromatic carbocycles. The predicted octanol–water partition coefficient (Wildman–Crippen LogP) is 2.81. The van der Waals surface area contributed by atoms with Gasteiger partial charge < -0.3 is 15.8 Å². The van der Waals surface area contributed by atoms with Gasteiger partial charge in [-0.05, 0) is 18.1 Å².